The minimum Gasteiger partial charge on any atom is -0.449 e. The van der Waals surface area contributed by atoms with E-state index in [9.17, 15) is 13.2 Å². The van der Waals surface area contributed by atoms with Crippen LogP contribution in [0.1, 0.15) is 6.92 Å². The number of fused-ring (bicyclic) bond motifs is 1. The molecule has 0 fully saturated rings. The van der Waals surface area contributed by atoms with Gasteiger partial charge in [-0.1, -0.05) is 0 Å². The quantitative estimate of drug-likeness (QED) is 0.729. The Morgan fingerprint density at radius 1 is 1.38 bits per heavy atom. The number of carbonyl (C=O) groups is 1. The van der Waals surface area contributed by atoms with E-state index in [-0.39, 0.29) is 12.3 Å². The summed E-state index contributed by atoms with van der Waals surface area (Å²) in [6, 6.07) is 6.33. The third kappa shape index (κ3) is 3.51. The van der Waals surface area contributed by atoms with Gasteiger partial charge in [-0.25, -0.2) is 9.52 Å². The Morgan fingerprint density at radius 3 is 2.86 bits per heavy atom. The predicted octanol–water partition coefficient (Wildman–Crippen LogP) is 1.22. The summed E-state index contributed by atoms with van der Waals surface area (Å²) in [7, 11) is -4.10. The van der Waals surface area contributed by atoms with Crippen LogP contribution < -0.4 is 15.2 Å². The van der Waals surface area contributed by atoms with Gasteiger partial charge in [-0.05, 0) is 31.2 Å². The Bertz CT molecular complexity index is 776. The Labute approximate surface area is 121 Å². The van der Waals surface area contributed by atoms with Crippen molar-refractivity contribution in [3.8, 4) is 0 Å². The van der Waals surface area contributed by atoms with Crippen LogP contribution >= 0.6 is 0 Å². The van der Waals surface area contributed by atoms with Gasteiger partial charge in [-0.2, -0.15) is 8.42 Å². The molecular formula is C12H14N4O4S. The first-order valence-corrected chi connectivity index (χ1v) is 7.52. The van der Waals surface area contributed by atoms with Gasteiger partial charge in [0.05, 0.1) is 23.5 Å². The van der Waals surface area contributed by atoms with Crippen molar-refractivity contribution >= 4 is 38.6 Å². The lowest BCUT2D eigenvalue weighted by atomic mass is 10.1. The molecule has 4 N–H and O–H groups in total. The lowest BCUT2D eigenvalue weighted by molar-refractivity contribution is 0.159. The van der Waals surface area contributed by atoms with Crippen LogP contribution in [0.5, 0.6) is 0 Å². The van der Waals surface area contributed by atoms with Crippen LogP contribution in [0.15, 0.2) is 30.5 Å². The van der Waals surface area contributed by atoms with E-state index >= 15 is 0 Å². The number of pyridine rings is 1. The minimum absolute atomic E-state index is 0.0656. The fourth-order valence-electron chi connectivity index (χ4n) is 1.72. The molecule has 0 spiro atoms. The van der Waals surface area contributed by atoms with Gasteiger partial charge >= 0.3 is 16.3 Å². The molecule has 0 bridgehead atoms. The van der Waals surface area contributed by atoms with E-state index in [0.29, 0.717) is 16.6 Å². The summed E-state index contributed by atoms with van der Waals surface area (Å²) in [6.45, 7) is 1.63. The van der Waals surface area contributed by atoms with Gasteiger partial charge in [0.2, 0.25) is 0 Å². The summed E-state index contributed by atoms with van der Waals surface area (Å²) in [5, 5.41) is 0.520. The first kappa shape index (κ1) is 14.9. The molecule has 8 nitrogen and oxygen atoms in total. The highest BCUT2D eigenvalue weighted by Gasteiger charge is 2.16. The normalized spacial score (nSPS) is 11.1. The van der Waals surface area contributed by atoms with Crippen LogP contribution in [0.25, 0.3) is 10.9 Å². The molecule has 9 heteroatoms. The Morgan fingerprint density at radius 2 is 2.14 bits per heavy atom. The molecule has 0 aliphatic rings. The summed E-state index contributed by atoms with van der Waals surface area (Å²) in [5.74, 6) is 0. The topological polar surface area (TPSA) is 123 Å². The fraction of sp³-hybridized carbons (Fsp3) is 0.167. The molecule has 2 aromatic rings. The smallest absolute Gasteiger partial charge is 0.422 e. The van der Waals surface area contributed by atoms with E-state index in [1.165, 1.54) is 12.1 Å². The molecule has 21 heavy (non-hydrogen) atoms. The highest BCUT2D eigenvalue weighted by molar-refractivity contribution is 7.91. The number of rotatable bonds is 4. The second-order valence-corrected chi connectivity index (χ2v) is 5.45. The van der Waals surface area contributed by atoms with Crippen molar-refractivity contribution in [2.75, 3.05) is 17.1 Å². The summed E-state index contributed by atoms with van der Waals surface area (Å²) in [4.78, 5) is 15.3. The Hall–Kier alpha value is -2.55. The molecule has 1 amide bonds. The average Bonchev–Trinajstić information content (AvgIpc) is 2.42. The SMILES string of the molecule is CCOC(=O)NS(=O)(=O)Nc1ccc(N)c2ncccc12. The van der Waals surface area contributed by atoms with Gasteiger partial charge in [0.25, 0.3) is 0 Å². The van der Waals surface area contributed by atoms with Crippen molar-refractivity contribution < 1.29 is 17.9 Å². The molecule has 1 aromatic heterocycles. The van der Waals surface area contributed by atoms with E-state index in [2.05, 4.69) is 14.4 Å². The van der Waals surface area contributed by atoms with Crippen LogP contribution in [0, 0.1) is 0 Å². The highest BCUT2D eigenvalue weighted by atomic mass is 32.2. The summed E-state index contributed by atoms with van der Waals surface area (Å²) in [5.41, 5.74) is 6.92. The van der Waals surface area contributed by atoms with Gasteiger partial charge in [-0.15, -0.1) is 0 Å². The second-order valence-electron chi connectivity index (χ2n) is 4.03. The van der Waals surface area contributed by atoms with Gasteiger partial charge in [0.15, 0.2) is 0 Å². The number of hydrogen-bond donors (Lipinski definition) is 3. The van der Waals surface area contributed by atoms with Gasteiger partial charge in [0, 0.05) is 11.6 Å². The minimum atomic E-state index is -4.10. The number of nitrogens with two attached hydrogens (primary N) is 1. The maximum absolute atomic E-state index is 11.8. The Kier molecular flexibility index (Phi) is 4.13. The molecule has 0 radical (unpaired) electrons. The second kappa shape index (κ2) is 5.83. The van der Waals surface area contributed by atoms with E-state index in [4.69, 9.17) is 5.73 Å². The number of benzene rings is 1. The highest BCUT2D eigenvalue weighted by Crippen LogP contribution is 2.26. The van der Waals surface area contributed by atoms with Crippen LogP contribution in [-0.2, 0) is 14.9 Å². The van der Waals surface area contributed by atoms with Gasteiger partial charge < -0.3 is 10.5 Å². The van der Waals surface area contributed by atoms with Crippen molar-refractivity contribution in [2.24, 2.45) is 0 Å². The van der Waals surface area contributed by atoms with Crippen molar-refractivity contribution in [2.45, 2.75) is 6.92 Å². The zero-order chi connectivity index (χ0) is 15.5. The summed E-state index contributed by atoms with van der Waals surface area (Å²) < 4.78 is 32.2. The number of nitrogen functional groups attached to an aromatic ring is 1. The van der Waals surface area contributed by atoms with Crippen LogP contribution in [0.3, 0.4) is 0 Å². The maximum atomic E-state index is 11.8. The standard InChI is InChI=1S/C12H14N4O4S/c1-2-20-12(17)16-21(18,19)15-10-6-5-9(13)11-8(10)4-3-7-14-11/h3-7,15H,2,13H2,1H3,(H,16,17). The van der Waals surface area contributed by atoms with E-state index in [0.717, 1.165) is 0 Å². The third-order valence-electron chi connectivity index (χ3n) is 2.54. The van der Waals surface area contributed by atoms with Crippen molar-refractivity contribution in [1.29, 1.82) is 0 Å². The third-order valence-corrected chi connectivity index (χ3v) is 3.46. The monoisotopic (exact) mass is 310 g/mol. The first-order chi connectivity index (χ1) is 9.93. The van der Waals surface area contributed by atoms with E-state index in [1.54, 1.807) is 30.0 Å². The molecule has 0 unspecified atom stereocenters. The van der Waals surface area contributed by atoms with Gasteiger partial charge in [0.1, 0.15) is 0 Å². The lowest BCUT2D eigenvalue weighted by Gasteiger charge is -2.12. The van der Waals surface area contributed by atoms with E-state index < -0.39 is 16.3 Å². The number of ether oxygens (including phenoxy) is 1. The molecule has 0 aliphatic carbocycles. The predicted molar refractivity (Wildman–Crippen MR) is 78.9 cm³/mol. The number of carbonyl (C=O) groups excluding carboxylic acids is 1. The molecule has 1 heterocycles. The molecule has 0 saturated heterocycles. The van der Waals surface area contributed by atoms with Crippen LogP contribution in [-0.4, -0.2) is 26.1 Å². The van der Waals surface area contributed by atoms with Gasteiger partial charge in [-0.3, -0.25) is 9.71 Å². The number of anilines is 2. The molecule has 1 aromatic carbocycles. The average molecular weight is 310 g/mol. The number of hydrogen-bond acceptors (Lipinski definition) is 6. The van der Waals surface area contributed by atoms with Crippen LogP contribution in [0.4, 0.5) is 16.2 Å². The molecule has 112 valence electrons. The number of nitrogens with zero attached hydrogens (tertiary/aromatic N) is 1. The number of amides is 1. The van der Waals surface area contributed by atoms with Crippen molar-refractivity contribution in [1.82, 2.24) is 9.71 Å². The van der Waals surface area contributed by atoms with Crippen LogP contribution in [0.2, 0.25) is 0 Å². The van der Waals surface area contributed by atoms with Crippen molar-refractivity contribution in [3.63, 3.8) is 0 Å². The van der Waals surface area contributed by atoms with Crippen molar-refractivity contribution in [3.05, 3.63) is 30.5 Å². The Balaban J connectivity index is 2.32. The maximum Gasteiger partial charge on any atom is 0.422 e. The molecule has 0 saturated carbocycles. The number of aromatic nitrogens is 1. The molecule has 0 aliphatic heterocycles. The summed E-state index contributed by atoms with van der Waals surface area (Å²) in [6.07, 6.45) is 0.497. The largest absolute Gasteiger partial charge is 0.449 e. The fourth-order valence-corrected chi connectivity index (χ4v) is 2.52. The number of nitrogens with one attached hydrogen (secondary N) is 2. The molecule has 0 atom stereocenters. The molecular weight excluding hydrogens is 296 g/mol. The lowest BCUT2D eigenvalue weighted by Crippen LogP contribution is -2.35. The zero-order valence-corrected chi connectivity index (χ0v) is 12.0. The molecule has 2 rings (SSSR count). The first-order valence-electron chi connectivity index (χ1n) is 6.03. The zero-order valence-electron chi connectivity index (χ0n) is 11.2. The van der Waals surface area contributed by atoms with E-state index in [1.807, 2.05) is 0 Å². The summed E-state index contributed by atoms with van der Waals surface area (Å²) >= 11 is 0.